The first-order valence-corrected chi connectivity index (χ1v) is 12.5. The zero-order valence-corrected chi connectivity index (χ0v) is 20.4. The number of hydrogen-bond donors (Lipinski definition) is 2. The molecular weight excluding hydrogens is 422 g/mol. The minimum Gasteiger partial charge on any atom is -0.489 e. The van der Waals surface area contributed by atoms with Gasteiger partial charge in [0.15, 0.2) is 0 Å². The maximum Gasteiger partial charge on any atom is 0.307 e. The van der Waals surface area contributed by atoms with Crippen LogP contribution in [-0.2, 0) is 4.79 Å². The molecule has 2 N–H and O–H groups in total. The Bertz CT molecular complexity index is 980. The van der Waals surface area contributed by atoms with Crippen molar-refractivity contribution in [2.75, 3.05) is 0 Å². The summed E-state index contributed by atoms with van der Waals surface area (Å²) in [6, 6.07) is 10.8. The maximum absolute atomic E-state index is 11.4. The lowest BCUT2D eigenvalue weighted by molar-refractivity contribution is -0.155. The standard InChI is InChI=1S/C27H36ClNO3/c1-5-17-6-11-20(12-7-17)32-23-13-10-18-8-9-19(14-21(18)25(23)28)16(2)29-24-15-22(26(30)31)27(24,3)4/h8-10,13-14,16-17,20,22,24,29H,5-7,11-12,15H2,1-4H3,(H,30,31). The van der Waals surface area contributed by atoms with Gasteiger partial charge in [-0.25, -0.2) is 0 Å². The van der Waals surface area contributed by atoms with Gasteiger partial charge in [0.05, 0.1) is 17.0 Å². The van der Waals surface area contributed by atoms with Crippen molar-refractivity contribution in [3.05, 3.63) is 40.9 Å². The number of carbonyl (C=O) groups is 1. The second-order valence-electron chi connectivity index (χ2n) is 10.4. The average Bonchev–Trinajstić information content (AvgIpc) is 2.78. The largest absolute Gasteiger partial charge is 0.489 e. The molecule has 0 amide bonds. The van der Waals surface area contributed by atoms with Gasteiger partial charge < -0.3 is 15.2 Å². The van der Waals surface area contributed by atoms with E-state index >= 15 is 0 Å². The molecule has 0 spiro atoms. The van der Waals surface area contributed by atoms with Crippen LogP contribution < -0.4 is 10.1 Å². The zero-order valence-electron chi connectivity index (χ0n) is 19.7. The van der Waals surface area contributed by atoms with Crippen LogP contribution in [0.15, 0.2) is 30.3 Å². The Morgan fingerprint density at radius 1 is 1.22 bits per heavy atom. The van der Waals surface area contributed by atoms with E-state index in [1.165, 1.54) is 19.3 Å². The number of ether oxygens (including phenoxy) is 1. The van der Waals surface area contributed by atoms with E-state index in [9.17, 15) is 9.90 Å². The van der Waals surface area contributed by atoms with E-state index in [0.717, 1.165) is 40.8 Å². The number of hydrogen-bond acceptors (Lipinski definition) is 3. The van der Waals surface area contributed by atoms with Crippen molar-refractivity contribution in [2.24, 2.45) is 17.3 Å². The third-order valence-electron chi connectivity index (χ3n) is 8.13. The Morgan fingerprint density at radius 3 is 2.53 bits per heavy atom. The smallest absolute Gasteiger partial charge is 0.307 e. The summed E-state index contributed by atoms with van der Waals surface area (Å²) in [5.74, 6) is 0.630. The van der Waals surface area contributed by atoms with Crippen LogP contribution in [0.1, 0.15) is 77.8 Å². The Labute approximate surface area is 196 Å². The van der Waals surface area contributed by atoms with Gasteiger partial charge in [0.25, 0.3) is 0 Å². The summed E-state index contributed by atoms with van der Waals surface area (Å²) in [7, 11) is 0. The van der Waals surface area contributed by atoms with Gasteiger partial charge in [0.2, 0.25) is 0 Å². The highest BCUT2D eigenvalue weighted by Gasteiger charge is 2.52. The van der Waals surface area contributed by atoms with Gasteiger partial charge in [-0.1, -0.05) is 57.0 Å². The first-order valence-electron chi connectivity index (χ1n) is 12.1. The molecule has 174 valence electrons. The van der Waals surface area contributed by atoms with Gasteiger partial charge in [0.1, 0.15) is 5.75 Å². The molecule has 4 nitrogen and oxygen atoms in total. The monoisotopic (exact) mass is 457 g/mol. The molecule has 2 aromatic rings. The summed E-state index contributed by atoms with van der Waals surface area (Å²) >= 11 is 6.83. The normalized spacial score (nSPS) is 28.2. The number of carboxylic acid groups (broad SMARTS) is 1. The molecule has 0 saturated heterocycles. The minimum atomic E-state index is -0.700. The zero-order chi connectivity index (χ0) is 23.0. The van der Waals surface area contributed by atoms with Gasteiger partial charge in [-0.15, -0.1) is 0 Å². The van der Waals surface area contributed by atoms with E-state index in [4.69, 9.17) is 16.3 Å². The van der Waals surface area contributed by atoms with E-state index in [1.54, 1.807) is 0 Å². The lowest BCUT2D eigenvalue weighted by Gasteiger charge is -2.51. The predicted octanol–water partition coefficient (Wildman–Crippen LogP) is 6.99. The van der Waals surface area contributed by atoms with Crippen molar-refractivity contribution in [1.29, 1.82) is 0 Å². The summed E-state index contributed by atoms with van der Waals surface area (Å²) in [4.78, 5) is 11.4. The Kier molecular flexibility index (Phi) is 6.74. The van der Waals surface area contributed by atoms with Crippen LogP contribution in [-0.4, -0.2) is 23.2 Å². The number of aliphatic carboxylic acids is 1. The van der Waals surface area contributed by atoms with E-state index < -0.39 is 5.97 Å². The van der Waals surface area contributed by atoms with Crippen LogP contribution >= 0.6 is 11.6 Å². The molecule has 0 aliphatic heterocycles. The van der Waals surface area contributed by atoms with E-state index in [1.807, 2.05) is 19.9 Å². The summed E-state index contributed by atoms with van der Waals surface area (Å²) in [5.41, 5.74) is 0.890. The van der Waals surface area contributed by atoms with Crippen molar-refractivity contribution in [1.82, 2.24) is 5.32 Å². The van der Waals surface area contributed by atoms with Crippen molar-refractivity contribution >= 4 is 28.3 Å². The van der Waals surface area contributed by atoms with E-state index in [2.05, 4.69) is 43.4 Å². The predicted molar refractivity (Wildman–Crippen MR) is 130 cm³/mol. The molecule has 3 atom stereocenters. The lowest BCUT2D eigenvalue weighted by Crippen LogP contribution is -2.59. The Balaban J connectivity index is 1.48. The Morgan fingerprint density at radius 2 is 1.91 bits per heavy atom. The maximum atomic E-state index is 11.4. The van der Waals surface area contributed by atoms with Crippen LogP contribution in [0.2, 0.25) is 5.02 Å². The molecule has 2 saturated carbocycles. The summed E-state index contributed by atoms with van der Waals surface area (Å²) in [6.45, 7) is 8.48. The van der Waals surface area contributed by atoms with Gasteiger partial charge in [-0.05, 0) is 73.4 Å². The topological polar surface area (TPSA) is 58.6 Å². The van der Waals surface area contributed by atoms with E-state index in [-0.39, 0.29) is 29.5 Å². The molecule has 0 heterocycles. The molecule has 0 bridgehead atoms. The van der Waals surface area contributed by atoms with Crippen LogP contribution in [0.5, 0.6) is 5.75 Å². The number of halogens is 1. The molecule has 0 aromatic heterocycles. The summed E-state index contributed by atoms with van der Waals surface area (Å²) in [5, 5.41) is 15.8. The quantitative estimate of drug-likeness (QED) is 0.470. The highest BCUT2D eigenvalue weighted by atomic mass is 35.5. The molecule has 0 radical (unpaired) electrons. The first-order chi connectivity index (χ1) is 15.2. The third-order valence-corrected chi connectivity index (χ3v) is 8.52. The molecule has 4 rings (SSSR count). The van der Waals surface area contributed by atoms with Crippen molar-refractivity contribution in [3.63, 3.8) is 0 Å². The van der Waals surface area contributed by atoms with Gasteiger partial charge >= 0.3 is 5.97 Å². The van der Waals surface area contributed by atoms with Gasteiger partial charge in [-0.3, -0.25) is 4.79 Å². The van der Waals surface area contributed by atoms with Gasteiger partial charge in [-0.2, -0.15) is 0 Å². The number of rotatable bonds is 7. The molecular formula is C27H36ClNO3. The van der Waals surface area contributed by atoms with Crippen LogP contribution in [0.4, 0.5) is 0 Å². The second-order valence-corrected chi connectivity index (χ2v) is 10.8. The lowest BCUT2D eigenvalue weighted by atomic mass is 9.58. The molecule has 2 fully saturated rings. The van der Waals surface area contributed by atoms with Crippen molar-refractivity contribution in [2.45, 2.75) is 84.4 Å². The molecule has 3 unspecified atom stereocenters. The molecule has 2 aliphatic rings. The number of fused-ring (bicyclic) bond motifs is 1. The van der Waals surface area contributed by atoms with Crippen LogP contribution in [0.3, 0.4) is 0 Å². The van der Waals surface area contributed by atoms with Gasteiger partial charge in [0, 0.05) is 17.5 Å². The van der Waals surface area contributed by atoms with Crippen LogP contribution in [0, 0.1) is 17.3 Å². The fraction of sp³-hybridized carbons (Fsp3) is 0.593. The third kappa shape index (κ3) is 4.49. The van der Waals surface area contributed by atoms with Crippen molar-refractivity contribution < 1.29 is 14.6 Å². The fourth-order valence-corrected chi connectivity index (χ4v) is 5.78. The Hall–Kier alpha value is -1.78. The highest BCUT2D eigenvalue weighted by Crippen LogP contribution is 2.47. The molecule has 2 aliphatic carbocycles. The first kappa shape index (κ1) is 23.4. The molecule has 32 heavy (non-hydrogen) atoms. The fourth-order valence-electron chi connectivity index (χ4n) is 5.50. The minimum absolute atomic E-state index is 0.100. The second kappa shape index (κ2) is 9.23. The average molecular weight is 458 g/mol. The number of benzene rings is 2. The SMILES string of the molecule is CCC1CCC(Oc2ccc3ccc(C(C)NC4CC(C(=O)O)C4(C)C)cc3c2Cl)CC1. The molecule has 2 aromatic carbocycles. The number of carboxylic acids is 1. The number of nitrogens with one attached hydrogen (secondary N) is 1. The van der Waals surface area contributed by atoms with Crippen LogP contribution in [0.25, 0.3) is 10.8 Å². The van der Waals surface area contributed by atoms with E-state index in [0.29, 0.717) is 11.4 Å². The summed E-state index contributed by atoms with van der Waals surface area (Å²) in [6.07, 6.45) is 6.84. The molecule has 5 heteroatoms. The summed E-state index contributed by atoms with van der Waals surface area (Å²) < 4.78 is 6.34. The highest BCUT2D eigenvalue weighted by molar-refractivity contribution is 6.37. The van der Waals surface area contributed by atoms with Crippen molar-refractivity contribution in [3.8, 4) is 5.75 Å².